The molecule has 1 aliphatic rings. The van der Waals surface area contributed by atoms with Crippen LogP contribution in [-0.2, 0) is 6.54 Å². The number of fused-ring (bicyclic) bond motifs is 1. The highest BCUT2D eigenvalue weighted by atomic mass is 19.2. The molecule has 1 amide bonds. The SMILES string of the molecule is NC(=O)c1ccn2c1C(c1ccc(F)c(F)c1)CC2. The van der Waals surface area contributed by atoms with Gasteiger partial charge in [-0.25, -0.2) is 8.78 Å². The van der Waals surface area contributed by atoms with E-state index in [9.17, 15) is 13.6 Å². The first-order chi connectivity index (χ1) is 9.08. The van der Waals surface area contributed by atoms with E-state index < -0.39 is 17.5 Å². The minimum atomic E-state index is -0.872. The molecule has 0 aliphatic carbocycles. The molecule has 2 aromatic rings. The lowest BCUT2D eigenvalue weighted by atomic mass is 9.92. The van der Waals surface area contributed by atoms with Crippen molar-refractivity contribution in [2.24, 2.45) is 5.73 Å². The molecule has 1 atom stereocenters. The van der Waals surface area contributed by atoms with Gasteiger partial charge in [-0.3, -0.25) is 4.79 Å². The standard InChI is InChI=1S/C14H12F2N2O/c15-11-2-1-8(7-12(11)16)9-3-5-18-6-4-10(13(9)18)14(17)19/h1-2,4,6-7,9H,3,5H2,(H2,17,19). The molecule has 0 spiro atoms. The van der Waals surface area contributed by atoms with E-state index in [1.807, 2.05) is 4.57 Å². The summed E-state index contributed by atoms with van der Waals surface area (Å²) in [5, 5.41) is 0. The van der Waals surface area contributed by atoms with Crippen molar-refractivity contribution in [3.05, 3.63) is 58.9 Å². The third kappa shape index (κ3) is 1.82. The van der Waals surface area contributed by atoms with Crippen molar-refractivity contribution < 1.29 is 13.6 Å². The normalized spacial score (nSPS) is 17.5. The highest BCUT2D eigenvalue weighted by molar-refractivity contribution is 5.94. The van der Waals surface area contributed by atoms with Crippen molar-refractivity contribution in [3.63, 3.8) is 0 Å². The maximum atomic E-state index is 13.3. The number of primary amides is 1. The fraction of sp³-hybridized carbons (Fsp3) is 0.214. The second-order valence-corrected chi connectivity index (χ2v) is 4.69. The number of halogens is 2. The van der Waals surface area contributed by atoms with Crippen LogP contribution in [0.3, 0.4) is 0 Å². The summed E-state index contributed by atoms with van der Waals surface area (Å²) < 4.78 is 28.2. The minimum absolute atomic E-state index is 0.118. The van der Waals surface area contributed by atoms with E-state index >= 15 is 0 Å². The largest absolute Gasteiger partial charge is 0.366 e. The Hall–Kier alpha value is -2.17. The lowest BCUT2D eigenvalue weighted by Crippen LogP contribution is -2.14. The van der Waals surface area contributed by atoms with Crippen LogP contribution in [0, 0.1) is 11.6 Å². The average molecular weight is 262 g/mol. The summed E-state index contributed by atoms with van der Waals surface area (Å²) in [7, 11) is 0. The Morgan fingerprint density at radius 1 is 1.26 bits per heavy atom. The third-order valence-electron chi connectivity index (χ3n) is 3.61. The number of amides is 1. The Balaban J connectivity index is 2.08. The van der Waals surface area contributed by atoms with Crippen LogP contribution in [0.25, 0.3) is 0 Å². The zero-order valence-corrected chi connectivity index (χ0v) is 10.1. The fourth-order valence-corrected chi connectivity index (χ4v) is 2.73. The molecular formula is C14H12F2N2O. The van der Waals surface area contributed by atoms with Crippen molar-refractivity contribution in [2.45, 2.75) is 18.9 Å². The first kappa shape index (κ1) is 11.9. The Bertz CT molecular complexity index is 663. The van der Waals surface area contributed by atoms with Gasteiger partial charge in [-0.05, 0) is 30.2 Å². The number of benzene rings is 1. The first-order valence-electron chi connectivity index (χ1n) is 6.01. The number of carbonyl (C=O) groups is 1. The molecule has 1 unspecified atom stereocenters. The van der Waals surface area contributed by atoms with E-state index in [1.54, 1.807) is 18.3 Å². The lowest BCUT2D eigenvalue weighted by Gasteiger charge is -2.12. The van der Waals surface area contributed by atoms with Crippen LogP contribution in [0.4, 0.5) is 8.78 Å². The molecule has 19 heavy (non-hydrogen) atoms. The number of carbonyl (C=O) groups excluding carboxylic acids is 1. The van der Waals surface area contributed by atoms with Crippen molar-refractivity contribution in [2.75, 3.05) is 0 Å². The number of hydrogen-bond acceptors (Lipinski definition) is 1. The van der Waals surface area contributed by atoms with E-state index in [4.69, 9.17) is 5.73 Å². The molecule has 98 valence electrons. The van der Waals surface area contributed by atoms with Gasteiger partial charge in [0.15, 0.2) is 11.6 Å². The molecule has 1 aromatic heterocycles. The summed E-state index contributed by atoms with van der Waals surface area (Å²) in [4.78, 5) is 11.4. The van der Waals surface area contributed by atoms with E-state index in [1.165, 1.54) is 6.07 Å². The highest BCUT2D eigenvalue weighted by Gasteiger charge is 2.29. The summed E-state index contributed by atoms with van der Waals surface area (Å²) in [5.41, 5.74) is 7.25. The smallest absolute Gasteiger partial charge is 0.250 e. The highest BCUT2D eigenvalue weighted by Crippen LogP contribution is 2.37. The Kier molecular flexibility index (Phi) is 2.62. The predicted molar refractivity (Wildman–Crippen MR) is 65.8 cm³/mol. The van der Waals surface area contributed by atoms with Crippen LogP contribution in [-0.4, -0.2) is 10.5 Å². The molecule has 1 aromatic carbocycles. The van der Waals surface area contributed by atoms with Crippen molar-refractivity contribution in [1.29, 1.82) is 0 Å². The second kappa shape index (κ2) is 4.19. The van der Waals surface area contributed by atoms with E-state index in [-0.39, 0.29) is 5.92 Å². The van der Waals surface area contributed by atoms with Gasteiger partial charge in [0.1, 0.15) is 0 Å². The predicted octanol–water partition coefficient (Wildman–Crippen LogP) is 2.40. The molecule has 2 heterocycles. The van der Waals surface area contributed by atoms with E-state index in [0.717, 1.165) is 24.7 Å². The molecule has 0 saturated carbocycles. The van der Waals surface area contributed by atoms with Gasteiger partial charge in [-0.1, -0.05) is 6.07 Å². The van der Waals surface area contributed by atoms with Gasteiger partial charge in [0, 0.05) is 24.4 Å². The van der Waals surface area contributed by atoms with Gasteiger partial charge in [0.25, 0.3) is 5.91 Å². The minimum Gasteiger partial charge on any atom is -0.366 e. The number of nitrogens with two attached hydrogens (primary N) is 1. The van der Waals surface area contributed by atoms with Crippen LogP contribution in [0.2, 0.25) is 0 Å². The summed E-state index contributed by atoms with van der Waals surface area (Å²) in [6.07, 6.45) is 2.55. The summed E-state index contributed by atoms with van der Waals surface area (Å²) >= 11 is 0. The average Bonchev–Trinajstić information content (AvgIpc) is 2.93. The van der Waals surface area contributed by atoms with Gasteiger partial charge >= 0.3 is 0 Å². The number of aryl methyl sites for hydroxylation is 1. The number of rotatable bonds is 2. The fourth-order valence-electron chi connectivity index (χ4n) is 2.73. The van der Waals surface area contributed by atoms with Gasteiger partial charge in [-0.15, -0.1) is 0 Å². The molecule has 3 nitrogen and oxygen atoms in total. The van der Waals surface area contributed by atoms with Gasteiger partial charge in [-0.2, -0.15) is 0 Å². The Labute approximate surface area is 108 Å². The maximum Gasteiger partial charge on any atom is 0.250 e. The zero-order valence-electron chi connectivity index (χ0n) is 10.1. The summed E-state index contributed by atoms with van der Waals surface area (Å²) in [6.45, 7) is 0.742. The lowest BCUT2D eigenvalue weighted by molar-refractivity contribution is 0.0999. The second-order valence-electron chi connectivity index (χ2n) is 4.69. The molecule has 2 N–H and O–H groups in total. The molecule has 0 bridgehead atoms. The van der Waals surface area contributed by atoms with Crippen molar-refractivity contribution in [1.82, 2.24) is 4.57 Å². The van der Waals surface area contributed by atoms with Crippen LogP contribution in [0.5, 0.6) is 0 Å². The third-order valence-corrected chi connectivity index (χ3v) is 3.61. The van der Waals surface area contributed by atoms with Crippen molar-refractivity contribution >= 4 is 5.91 Å². The van der Waals surface area contributed by atoms with E-state index in [0.29, 0.717) is 11.1 Å². The molecule has 3 rings (SSSR count). The summed E-state index contributed by atoms with van der Waals surface area (Å²) in [6, 6.07) is 5.52. The molecule has 0 fully saturated rings. The monoisotopic (exact) mass is 262 g/mol. The van der Waals surface area contributed by atoms with Crippen molar-refractivity contribution in [3.8, 4) is 0 Å². The van der Waals surface area contributed by atoms with Crippen LogP contribution < -0.4 is 5.73 Å². The number of hydrogen-bond donors (Lipinski definition) is 1. The van der Waals surface area contributed by atoms with Gasteiger partial charge in [0.05, 0.1) is 5.56 Å². The van der Waals surface area contributed by atoms with E-state index in [2.05, 4.69) is 0 Å². The topological polar surface area (TPSA) is 48.0 Å². The maximum absolute atomic E-state index is 13.3. The van der Waals surface area contributed by atoms with Crippen LogP contribution >= 0.6 is 0 Å². The zero-order chi connectivity index (χ0) is 13.6. The number of nitrogens with zero attached hydrogens (tertiary/aromatic N) is 1. The Morgan fingerprint density at radius 3 is 2.74 bits per heavy atom. The quantitative estimate of drug-likeness (QED) is 0.887. The van der Waals surface area contributed by atoms with Gasteiger partial charge < -0.3 is 10.3 Å². The van der Waals surface area contributed by atoms with Gasteiger partial charge in [0.2, 0.25) is 0 Å². The van der Waals surface area contributed by atoms with Crippen LogP contribution in [0.15, 0.2) is 30.5 Å². The molecular weight excluding hydrogens is 250 g/mol. The number of aromatic nitrogens is 1. The molecule has 5 heteroatoms. The Morgan fingerprint density at radius 2 is 2.05 bits per heavy atom. The van der Waals surface area contributed by atoms with Crippen LogP contribution in [0.1, 0.15) is 34.0 Å². The summed E-state index contributed by atoms with van der Waals surface area (Å²) in [5.74, 6) is -2.36. The molecule has 0 saturated heterocycles. The molecule has 1 aliphatic heterocycles. The first-order valence-corrected chi connectivity index (χ1v) is 6.01. The molecule has 0 radical (unpaired) electrons.